The molecule has 0 aliphatic heterocycles. The van der Waals surface area contributed by atoms with Crippen molar-refractivity contribution in [2.75, 3.05) is 7.11 Å². The van der Waals surface area contributed by atoms with E-state index in [4.69, 9.17) is 0 Å². The molecule has 0 unspecified atom stereocenters. The topological polar surface area (TPSA) is 91.6 Å². The summed E-state index contributed by atoms with van der Waals surface area (Å²) in [5.74, 6) is -3.33. The highest BCUT2D eigenvalue weighted by molar-refractivity contribution is 14.1. The Hall–Kier alpha value is -1.66. The summed E-state index contributed by atoms with van der Waals surface area (Å²) in [6.45, 7) is 0. The van der Waals surface area contributed by atoms with Crippen LogP contribution >= 0.6 is 22.6 Å². The zero-order valence-corrected chi connectivity index (χ0v) is 11.2. The zero-order chi connectivity index (χ0) is 14.8. The number of ether oxygens (including phenoxy) is 2. The number of hydrogen-bond acceptors (Lipinski definition) is 6. The number of nitrogens with zero attached hydrogens (tertiary/aromatic N) is 2. The number of aromatic nitrogens is 1. The van der Waals surface area contributed by atoms with Crippen LogP contribution in [-0.4, -0.2) is 29.3 Å². The minimum absolute atomic E-state index is 0.0747. The molecule has 0 radical (unpaired) electrons. The van der Waals surface area contributed by atoms with Crippen LogP contribution in [-0.2, 0) is 4.74 Å². The number of halogens is 4. The zero-order valence-electron chi connectivity index (χ0n) is 9.02. The molecule has 0 aromatic carbocycles. The summed E-state index contributed by atoms with van der Waals surface area (Å²) in [6.07, 6.45) is -5.11. The molecule has 1 heterocycles. The number of pyridine rings is 1. The maximum absolute atomic E-state index is 12.1. The second-order valence-corrected chi connectivity index (χ2v) is 4.10. The van der Waals surface area contributed by atoms with Gasteiger partial charge < -0.3 is 19.6 Å². The summed E-state index contributed by atoms with van der Waals surface area (Å²) in [5.41, 5.74) is -0.468. The van der Waals surface area contributed by atoms with Crippen LogP contribution in [0, 0.1) is 13.7 Å². The van der Waals surface area contributed by atoms with Crippen LogP contribution in [0.2, 0.25) is 0 Å². The molecule has 7 nitrogen and oxygen atoms in total. The van der Waals surface area contributed by atoms with Gasteiger partial charge >= 0.3 is 18.1 Å². The van der Waals surface area contributed by atoms with Gasteiger partial charge in [-0.25, -0.2) is 4.79 Å². The van der Waals surface area contributed by atoms with Gasteiger partial charge in [-0.05, 0) is 32.5 Å². The maximum Gasteiger partial charge on any atom is 0.573 e. The molecular weight excluding hydrogens is 388 g/mol. The number of methoxy groups -OCH3 is 1. The van der Waals surface area contributed by atoms with E-state index in [9.17, 15) is 28.1 Å². The van der Waals surface area contributed by atoms with E-state index in [1.807, 2.05) is 0 Å². The van der Waals surface area contributed by atoms with Gasteiger partial charge in [0, 0.05) is 6.07 Å². The number of carbonyl (C=O) groups is 1. The first-order valence-electron chi connectivity index (χ1n) is 4.34. The lowest BCUT2D eigenvalue weighted by Crippen LogP contribution is -2.19. The largest absolute Gasteiger partial charge is 0.573 e. The molecule has 1 aromatic heterocycles. The molecule has 0 fully saturated rings. The van der Waals surface area contributed by atoms with Gasteiger partial charge in [0.2, 0.25) is 5.75 Å². The van der Waals surface area contributed by atoms with Crippen LogP contribution in [0.25, 0.3) is 0 Å². The third-order valence-corrected chi connectivity index (χ3v) is 2.52. The minimum atomic E-state index is -5.11. The van der Waals surface area contributed by atoms with E-state index in [1.165, 1.54) is 22.6 Å². The Morgan fingerprint density at radius 3 is 2.53 bits per heavy atom. The fourth-order valence-corrected chi connectivity index (χ4v) is 1.66. The summed E-state index contributed by atoms with van der Waals surface area (Å²) in [7, 11) is 1.01. The summed E-state index contributed by atoms with van der Waals surface area (Å²) in [4.78, 5) is 23.9. The van der Waals surface area contributed by atoms with E-state index in [-0.39, 0.29) is 3.57 Å². The van der Waals surface area contributed by atoms with E-state index in [2.05, 4.69) is 14.5 Å². The Morgan fingerprint density at radius 2 is 2.11 bits per heavy atom. The van der Waals surface area contributed by atoms with Crippen LogP contribution in [0.1, 0.15) is 10.5 Å². The van der Waals surface area contributed by atoms with Crippen LogP contribution < -0.4 is 4.74 Å². The summed E-state index contributed by atoms with van der Waals surface area (Å²) >= 11 is 1.48. The van der Waals surface area contributed by atoms with Gasteiger partial charge in [0.05, 0.1) is 10.7 Å². The van der Waals surface area contributed by atoms with Crippen LogP contribution in [0.4, 0.5) is 19.0 Å². The van der Waals surface area contributed by atoms with Gasteiger partial charge in [-0.2, -0.15) is 0 Å². The third-order valence-electron chi connectivity index (χ3n) is 1.70. The number of alkyl halides is 3. The highest BCUT2D eigenvalue weighted by Gasteiger charge is 2.37. The molecule has 0 saturated heterocycles. The SMILES string of the molecule is COC(=O)c1nc([N+](=O)[O-])c(OC(F)(F)F)cc1I. The molecular formula is C8H4F3IN2O5. The Kier molecular flexibility index (Phi) is 4.49. The first-order valence-corrected chi connectivity index (χ1v) is 5.42. The molecule has 0 spiro atoms. The molecule has 19 heavy (non-hydrogen) atoms. The third kappa shape index (κ3) is 3.90. The summed E-state index contributed by atoms with van der Waals surface area (Å²) < 4.78 is 43.9. The van der Waals surface area contributed by atoms with E-state index < -0.39 is 34.5 Å². The maximum atomic E-state index is 12.1. The van der Waals surface area contributed by atoms with Crippen molar-refractivity contribution in [2.45, 2.75) is 6.36 Å². The normalized spacial score (nSPS) is 11.0. The molecule has 104 valence electrons. The van der Waals surface area contributed by atoms with Gasteiger partial charge in [-0.15, -0.1) is 13.2 Å². The average Bonchev–Trinajstić information content (AvgIpc) is 2.25. The second kappa shape index (κ2) is 5.54. The van der Waals surface area contributed by atoms with Crippen molar-refractivity contribution >= 4 is 34.4 Å². The number of carbonyl (C=O) groups excluding carboxylic acids is 1. The lowest BCUT2D eigenvalue weighted by Gasteiger charge is -2.09. The molecule has 0 saturated carbocycles. The fraction of sp³-hybridized carbons (Fsp3) is 0.250. The smallest absolute Gasteiger partial charge is 0.463 e. The molecule has 0 bridgehead atoms. The van der Waals surface area contributed by atoms with Crippen LogP contribution in [0.15, 0.2) is 6.07 Å². The molecule has 0 aliphatic carbocycles. The lowest BCUT2D eigenvalue weighted by atomic mass is 10.3. The highest BCUT2D eigenvalue weighted by atomic mass is 127. The number of hydrogen-bond donors (Lipinski definition) is 0. The molecule has 11 heteroatoms. The Bertz CT molecular complexity index is 534. The second-order valence-electron chi connectivity index (χ2n) is 2.94. The molecule has 1 aromatic rings. The highest BCUT2D eigenvalue weighted by Crippen LogP contribution is 2.32. The number of rotatable bonds is 3. The van der Waals surface area contributed by atoms with Crippen molar-refractivity contribution in [1.29, 1.82) is 0 Å². The lowest BCUT2D eigenvalue weighted by molar-refractivity contribution is -0.393. The van der Waals surface area contributed by atoms with Crippen molar-refractivity contribution in [1.82, 2.24) is 4.98 Å². The molecule has 0 atom stereocenters. The molecule has 0 amide bonds. The van der Waals surface area contributed by atoms with Crippen molar-refractivity contribution in [3.05, 3.63) is 25.4 Å². The predicted molar refractivity (Wildman–Crippen MR) is 61.6 cm³/mol. The van der Waals surface area contributed by atoms with Crippen molar-refractivity contribution in [3.8, 4) is 5.75 Å². The van der Waals surface area contributed by atoms with E-state index in [0.717, 1.165) is 7.11 Å². The molecule has 0 aliphatic rings. The first-order chi connectivity index (χ1) is 8.65. The van der Waals surface area contributed by atoms with Gasteiger partial charge in [-0.1, -0.05) is 0 Å². The predicted octanol–water partition coefficient (Wildman–Crippen LogP) is 2.28. The Morgan fingerprint density at radius 1 is 1.53 bits per heavy atom. The van der Waals surface area contributed by atoms with Gasteiger partial charge in [0.15, 0.2) is 0 Å². The van der Waals surface area contributed by atoms with Gasteiger partial charge in [0.1, 0.15) is 0 Å². The van der Waals surface area contributed by atoms with E-state index >= 15 is 0 Å². The Balaban J connectivity index is 3.37. The standard InChI is InChI=1S/C8H4F3IN2O5/c1-18-7(15)5-3(12)2-4(19-8(9,10)11)6(13-5)14(16)17/h2H,1H3. The molecule has 1 rings (SSSR count). The van der Waals surface area contributed by atoms with Gasteiger partial charge in [0.25, 0.3) is 5.69 Å². The number of esters is 1. The van der Waals surface area contributed by atoms with Gasteiger partial charge in [-0.3, -0.25) is 0 Å². The fourth-order valence-electron chi connectivity index (χ4n) is 1.03. The van der Waals surface area contributed by atoms with E-state index in [0.29, 0.717) is 6.07 Å². The van der Waals surface area contributed by atoms with Crippen molar-refractivity contribution in [2.24, 2.45) is 0 Å². The Labute approximate surface area is 117 Å². The van der Waals surface area contributed by atoms with E-state index in [1.54, 1.807) is 0 Å². The summed E-state index contributed by atoms with van der Waals surface area (Å²) in [5, 5.41) is 10.6. The minimum Gasteiger partial charge on any atom is -0.463 e. The first kappa shape index (κ1) is 15.4. The van der Waals surface area contributed by atoms with Crippen molar-refractivity contribution in [3.63, 3.8) is 0 Å². The number of nitro groups is 1. The average molecular weight is 392 g/mol. The van der Waals surface area contributed by atoms with Crippen molar-refractivity contribution < 1.29 is 32.4 Å². The summed E-state index contributed by atoms with van der Waals surface area (Å²) in [6, 6.07) is 0.686. The quantitative estimate of drug-likeness (QED) is 0.339. The molecule has 0 N–H and O–H groups in total. The van der Waals surface area contributed by atoms with Crippen LogP contribution in [0.5, 0.6) is 5.75 Å². The monoisotopic (exact) mass is 392 g/mol. The van der Waals surface area contributed by atoms with Crippen LogP contribution in [0.3, 0.4) is 0 Å².